The topological polar surface area (TPSA) is 131 Å². The highest BCUT2D eigenvalue weighted by Crippen LogP contribution is 2.51. The van der Waals surface area contributed by atoms with Crippen LogP contribution in [0.4, 0.5) is 0 Å². The summed E-state index contributed by atoms with van der Waals surface area (Å²) < 4.78 is 5.98. The van der Waals surface area contributed by atoms with Gasteiger partial charge in [0.05, 0.1) is 16.9 Å². The molecule has 178 valence electrons. The second-order valence-electron chi connectivity index (χ2n) is 9.09. The molecule has 4 atom stereocenters. The van der Waals surface area contributed by atoms with E-state index in [1.807, 2.05) is 19.9 Å². The normalized spacial score (nSPS) is 22.9. The molecule has 7 heteroatoms. The highest BCUT2D eigenvalue weighted by atomic mass is 16.5. The van der Waals surface area contributed by atoms with E-state index < -0.39 is 24.4 Å². The zero-order valence-electron chi connectivity index (χ0n) is 19.2. The fraction of sp³-hybridized carbons (Fsp3) is 0.333. The maximum absolute atomic E-state index is 11.3. The van der Waals surface area contributed by atoms with E-state index in [4.69, 9.17) is 4.74 Å². The quantitative estimate of drug-likeness (QED) is 0.196. The minimum absolute atomic E-state index is 0.0153. The number of aliphatic hydroxyl groups excluding tert-OH is 2. The van der Waals surface area contributed by atoms with Crippen molar-refractivity contribution in [1.29, 1.82) is 0 Å². The summed E-state index contributed by atoms with van der Waals surface area (Å²) in [6.45, 7) is 5.59. The van der Waals surface area contributed by atoms with Gasteiger partial charge in [0, 0.05) is 10.8 Å². The molecule has 5 rings (SSSR count). The SMILES string of the molecule is CCc1cc(O)c2c(c1)cc(O)c1c(O)c3c(O)ccc(C4OC(CC)C(O)C4O)c3c(C)c12. The highest BCUT2D eigenvalue weighted by molar-refractivity contribution is 6.23. The molecule has 1 saturated heterocycles. The van der Waals surface area contributed by atoms with Gasteiger partial charge in [-0.2, -0.15) is 0 Å². The molecule has 1 fully saturated rings. The van der Waals surface area contributed by atoms with Crippen LogP contribution in [0.25, 0.3) is 32.3 Å². The van der Waals surface area contributed by atoms with Gasteiger partial charge in [-0.05, 0) is 65.4 Å². The lowest BCUT2D eigenvalue weighted by molar-refractivity contribution is 0.00625. The van der Waals surface area contributed by atoms with Crippen molar-refractivity contribution in [3.05, 3.63) is 47.0 Å². The molecule has 6 N–H and O–H groups in total. The Bertz CT molecular complexity index is 1460. The van der Waals surface area contributed by atoms with Crippen LogP contribution >= 0.6 is 0 Å². The van der Waals surface area contributed by atoms with Gasteiger partial charge >= 0.3 is 0 Å². The molecule has 0 bridgehead atoms. The number of rotatable bonds is 3. The van der Waals surface area contributed by atoms with Gasteiger partial charge in [-0.25, -0.2) is 0 Å². The summed E-state index contributed by atoms with van der Waals surface area (Å²) in [7, 11) is 0. The average molecular weight is 465 g/mol. The van der Waals surface area contributed by atoms with Crippen molar-refractivity contribution >= 4 is 32.3 Å². The van der Waals surface area contributed by atoms with Crippen molar-refractivity contribution in [2.45, 2.75) is 58.0 Å². The smallest absolute Gasteiger partial charge is 0.138 e. The van der Waals surface area contributed by atoms with Crippen LogP contribution in [0.2, 0.25) is 0 Å². The molecular weight excluding hydrogens is 436 g/mol. The van der Waals surface area contributed by atoms with Crippen molar-refractivity contribution in [1.82, 2.24) is 0 Å². The van der Waals surface area contributed by atoms with Crippen molar-refractivity contribution in [3.63, 3.8) is 0 Å². The third kappa shape index (κ3) is 3.01. The largest absolute Gasteiger partial charge is 0.507 e. The zero-order valence-corrected chi connectivity index (χ0v) is 19.2. The summed E-state index contributed by atoms with van der Waals surface area (Å²) >= 11 is 0. The lowest BCUT2D eigenvalue weighted by Gasteiger charge is -2.22. The monoisotopic (exact) mass is 464 g/mol. The standard InChI is InChI=1S/C27H28O7/c1-4-12-8-13-10-17(30)23-20(21(13)16(29)9-12)11(3)19-14(6-7-15(28)22(19)25(23)32)27-26(33)24(31)18(5-2)34-27/h6-10,18,24,26-33H,4-5H2,1-3H3. The maximum Gasteiger partial charge on any atom is 0.138 e. The molecule has 0 aromatic heterocycles. The van der Waals surface area contributed by atoms with E-state index in [2.05, 4.69) is 0 Å². The first kappa shape index (κ1) is 22.5. The molecule has 4 unspecified atom stereocenters. The molecule has 1 aliphatic heterocycles. The van der Waals surface area contributed by atoms with Crippen LogP contribution in [0, 0.1) is 6.92 Å². The van der Waals surface area contributed by atoms with Crippen LogP contribution in [0.3, 0.4) is 0 Å². The van der Waals surface area contributed by atoms with Crippen molar-refractivity contribution in [2.24, 2.45) is 0 Å². The Hall–Kier alpha value is -3.26. The van der Waals surface area contributed by atoms with Gasteiger partial charge in [-0.3, -0.25) is 0 Å². The second-order valence-corrected chi connectivity index (χ2v) is 9.09. The highest BCUT2D eigenvalue weighted by Gasteiger charge is 2.43. The minimum Gasteiger partial charge on any atom is -0.507 e. The predicted molar refractivity (Wildman–Crippen MR) is 130 cm³/mol. The molecule has 0 spiro atoms. The summed E-state index contributed by atoms with van der Waals surface area (Å²) in [6, 6.07) is 8.04. The number of phenols is 4. The molecule has 1 aliphatic rings. The third-order valence-corrected chi connectivity index (χ3v) is 7.17. The summed E-state index contributed by atoms with van der Waals surface area (Å²) in [5, 5.41) is 67.1. The molecule has 4 aromatic carbocycles. The summed E-state index contributed by atoms with van der Waals surface area (Å²) in [5.41, 5.74) is 1.97. The fourth-order valence-electron chi connectivity index (χ4n) is 5.47. The zero-order chi connectivity index (χ0) is 24.5. The van der Waals surface area contributed by atoms with Gasteiger partial charge < -0.3 is 35.4 Å². The van der Waals surface area contributed by atoms with Crippen LogP contribution in [-0.4, -0.2) is 49.0 Å². The molecule has 4 aromatic rings. The molecule has 1 heterocycles. The van der Waals surface area contributed by atoms with Gasteiger partial charge in [0.15, 0.2) is 0 Å². The van der Waals surface area contributed by atoms with Gasteiger partial charge in [0.2, 0.25) is 0 Å². The Morgan fingerprint density at radius 1 is 0.765 bits per heavy atom. The Labute approximate surface area is 196 Å². The molecular formula is C27H28O7. The minimum atomic E-state index is -1.20. The average Bonchev–Trinajstić information content (AvgIpc) is 3.09. The van der Waals surface area contributed by atoms with E-state index in [9.17, 15) is 30.6 Å². The Morgan fingerprint density at radius 2 is 1.44 bits per heavy atom. The van der Waals surface area contributed by atoms with E-state index in [1.54, 1.807) is 19.1 Å². The molecule has 0 radical (unpaired) electrons. The van der Waals surface area contributed by atoms with E-state index in [1.165, 1.54) is 12.1 Å². The Morgan fingerprint density at radius 3 is 2.09 bits per heavy atom. The van der Waals surface area contributed by atoms with Crippen LogP contribution in [0.15, 0.2) is 30.3 Å². The fourth-order valence-corrected chi connectivity index (χ4v) is 5.47. The number of aromatic hydroxyl groups is 4. The van der Waals surface area contributed by atoms with E-state index in [0.29, 0.717) is 45.5 Å². The van der Waals surface area contributed by atoms with E-state index in [0.717, 1.165) is 5.56 Å². The lowest BCUT2D eigenvalue weighted by atomic mass is 9.86. The van der Waals surface area contributed by atoms with Crippen LogP contribution in [0.5, 0.6) is 23.0 Å². The maximum atomic E-state index is 11.3. The summed E-state index contributed by atoms with van der Waals surface area (Å²) in [5.74, 6) is -0.706. The molecule has 0 aliphatic carbocycles. The number of aryl methyl sites for hydroxylation is 2. The first-order valence-corrected chi connectivity index (χ1v) is 11.5. The number of hydrogen-bond acceptors (Lipinski definition) is 7. The molecule has 0 amide bonds. The van der Waals surface area contributed by atoms with Gasteiger partial charge in [-0.1, -0.05) is 26.0 Å². The molecule has 0 saturated carbocycles. The van der Waals surface area contributed by atoms with Crippen molar-refractivity contribution in [3.8, 4) is 23.0 Å². The lowest BCUT2D eigenvalue weighted by Crippen LogP contribution is -2.30. The number of phenolic OH excluding ortho intramolecular Hbond substituents is 4. The number of benzene rings is 4. The molecule has 7 nitrogen and oxygen atoms in total. The van der Waals surface area contributed by atoms with Crippen molar-refractivity contribution in [2.75, 3.05) is 0 Å². The van der Waals surface area contributed by atoms with E-state index >= 15 is 0 Å². The Kier molecular flexibility index (Phi) is 5.24. The number of aliphatic hydroxyl groups is 2. The van der Waals surface area contributed by atoms with Gasteiger partial charge in [0.1, 0.15) is 41.3 Å². The van der Waals surface area contributed by atoms with Gasteiger partial charge in [0.25, 0.3) is 0 Å². The first-order chi connectivity index (χ1) is 16.2. The van der Waals surface area contributed by atoms with Crippen LogP contribution in [0.1, 0.15) is 43.1 Å². The third-order valence-electron chi connectivity index (χ3n) is 7.17. The van der Waals surface area contributed by atoms with Gasteiger partial charge in [-0.15, -0.1) is 0 Å². The number of hydrogen-bond donors (Lipinski definition) is 6. The van der Waals surface area contributed by atoms with Crippen molar-refractivity contribution < 1.29 is 35.4 Å². The first-order valence-electron chi connectivity index (χ1n) is 11.5. The number of ether oxygens (including phenoxy) is 1. The second kappa shape index (κ2) is 7.91. The summed E-state index contributed by atoms with van der Waals surface area (Å²) in [6.07, 6.45) is -2.52. The summed E-state index contributed by atoms with van der Waals surface area (Å²) in [4.78, 5) is 0. The predicted octanol–water partition coefficient (Wildman–Crippen LogP) is 4.41. The number of fused-ring (bicyclic) bond motifs is 4. The van der Waals surface area contributed by atoms with E-state index in [-0.39, 0.29) is 33.8 Å². The molecule has 34 heavy (non-hydrogen) atoms. The van der Waals surface area contributed by atoms with Crippen LogP contribution < -0.4 is 0 Å². The Balaban J connectivity index is 1.95. The van der Waals surface area contributed by atoms with Crippen LogP contribution in [-0.2, 0) is 11.2 Å².